The van der Waals surface area contributed by atoms with E-state index in [1.165, 1.54) is 12.1 Å². The lowest BCUT2D eigenvalue weighted by atomic mass is 9.97. The minimum absolute atomic E-state index is 0.0311. The van der Waals surface area contributed by atoms with Crippen LogP contribution >= 0.6 is 0 Å². The second kappa shape index (κ2) is 9.51. The molecule has 0 saturated carbocycles. The van der Waals surface area contributed by atoms with Crippen molar-refractivity contribution < 1.29 is 18.3 Å². The molecule has 3 heterocycles. The van der Waals surface area contributed by atoms with Gasteiger partial charge < -0.3 is 14.1 Å². The second-order valence-electron chi connectivity index (χ2n) is 8.42. The molecule has 1 unspecified atom stereocenters. The molecule has 1 fully saturated rings. The fraction of sp³-hybridized carbons (Fsp3) is 0.269. The number of oxazole rings is 1. The van der Waals surface area contributed by atoms with E-state index in [1.54, 1.807) is 36.4 Å². The summed E-state index contributed by atoms with van der Waals surface area (Å²) in [6.07, 6.45) is 4.11. The number of hydrogen-bond acceptors (Lipinski definition) is 5. The van der Waals surface area contributed by atoms with E-state index in [1.807, 2.05) is 24.3 Å². The molecule has 5 rings (SSSR count). The minimum atomic E-state index is -0.312. The van der Waals surface area contributed by atoms with E-state index in [0.717, 1.165) is 35.5 Å². The Hall–Kier alpha value is -3.94. The van der Waals surface area contributed by atoms with Gasteiger partial charge in [0.2, 0.25) is 0 Å². The van der Waals surface area contributed by atoms with Crippen LogP contribution in [0.5, 0.6) is 5.75 Å². The number of nitrogens with one attached hydrogen (secondary N) is 1. The molecular weight excluding hydrogens is 435 g/mol. The van der Waals surface area contributed by atoms with E-state index in [-0.39, 0.29) is 17.6 Å². The maximum atomic E-state index is 13.2. The molecule has 1 aliphatic heterocycles. The number of rotatable bonds is 6. The molecule has 7 nitrogen and oxygen atoms in total. The van der Waals surface area contributed by atoms with Gasteiger partial charge in [0.05, 0.1) is 24.9 Å². The summed E-state index contributed by atoms with van der Waals surface area (Å²) in [4.78, 5) is 19.4. The van der Waals surface area contributed by atoms with Crippen LogP contribution in [0.2, 0.25) is 0 Å². The summed E-state index contributed by atoms with van der Waals surface area (Å²) >= 11 is 0. The number of benzene rings is 2. The highest BCUT2D eigenvalue weighted by Gasteiger charge is 2.29. The van der Waals surface area contributed by atoms with Gasteiger partial charge in [-0.1, -0.05) is 18.2 Å². The highest BCUT2D eigenvalue weighted by molar-refractivity contribution is 5.93. The average molecular weight is 461 g/mol. The lowest BCUT2D eigenvalue weighted by Gasteiger charge is -2.30. The van der Waals surface area contributed by atoms with Crippen molar-refractivity contribution >= 4 is 5.91 Å². The van der Waals surface area contributed by atoms with E-state index >= 15 is 0 Å². The van der Waals surface area contributed by atoms with Gasteiger partial charge in [0.1, 0.15) is 23.0 Å². The SMILES string of the molecule is COc1ccccc1Cc1cnc(C2CCCN(C(=O)c3cc(-c4ccc(F)cc4)n[nH]3)C2)o1. The number of piperidine rings is 1. The van der Waals surface area contributed by atoms with E-state index < -0.39 is 0 Å². The average Bonchev–Trinajstić information content (AvgIpc) is 3.55. The Morgan fingerprint density at radius 1 is 1.24 bits per heavy atom. The second-order valence-corrected chi connectivity index (χ2v) is 8.42. The number of carbonyl (C=O) groups is 1. The third kappa shape index (κ3) is 4.57. The number of amides is 1. The summed E-state index contributed by atoms with van der Waals surface area (Å²) in [6, 6.07) is 15.6. The molecule has 0 radical (unpaired) electrons. The van der Waals surface area contributed by atoms with Crippen LogP contribution in [0, 0.1) is 5.82 Å². The molecule has 8 heteroatoms. The van der Waals surface area contributed by atoms with Gasteiger partial charge in [-0.05, 0) is 49.2 Å². The lowest BCUT2D eigenvalue weighted by molar-refractivity contribution is 0.0692. The molecule has 1 atom stereocenters. The van der Waals surface area contributed by atoms with Crippen molar-refractivity contribution in [2.45, 2.75) is 25.2 Å². The van der Waals surface area contributed by atoms with E-state index in [4.69, 9.17) is 9.15 Å². The molecule has 1 saturated heterocycles. The number of hydrogen-bond donors (Lipinski definition) is 1. The molecule has 34 heavy (non-hydrogen) atoms. The molecule has 0 spiro atoms. The Bertz CT molecular complexity index is 1280. The first-order valence-corrected chi connectivity index (χ1v) is 11.3. The van der Waals surface area contributed by atoms with Gasteiger partial charge in [0.25, 0.3) is 5.91 Å². The van der Waals surface area contributed by atoms with Gasteiger partial charge in [-0.2, -0.15) is 5.10 Å². The van der Waals surface area contributed by atoms with Crippen LogP contribution in [-0.4, -0.2) is 46.2 Å². The molecule has 1 N–H and O–H groups in total. The Balaban J connectivity index is 1.26. The van der Waals surface area contributed by atoms with Gasteiger partial charge in [0.15, 0.2) is 5.89 Å². The monoisotopic (exact) mass is 460 g/mol. The third-order valence-electron chi connectivity index (χ3n) is 6.13. The zero-order chi connectivity index (χ0) is 23.5. The van der Waals surface area contributed by atoms with Gasteiger partial charge in [-0.15, -0.1) is 0 Å². The zero-order valence-corrected chi connectivity index (χ0v) is 18.8. The van der Waals surface area contributed by atoms with Crippen molar-refractivity contribution in [2.24, 2.45) is 0 Å². The molecule has 4 aromatic rings. The number of halogens is 1. The van der Waals surface area contributed by atoms with Crippen LogP contribution in [0.15, 0.2) is 65.2 Å². The first-order valence-electron chi connectivity index (χ1n) is 11.3. The fourth-order valence-corrected chi connectivity index (χ4v) is 4.36. The molecule has 1 aliphatic rings. The summed E-state index contributed by atoms with van der Waals surface area (Å²) in [5.74, 6) is 1.83. The van der Waals surface area contributed by atoms with Crippen LogP contribution in [0.3, 0.4) is 0 Å². The topological polar surface area (TPSA) is 84.2 Å². The Labute approximate surface area is 196 Å². The molecule has 0 bridgehead atoms. The molecular formula is C26H25FN4O3. The minimum Gasteiger partial charge on any atom is -0.496 e. The first-order chi connectivity index (χ1) is 16.6. The fourth-order valence-electron chi connectivity index (χ4n) is 4.36. The number of aromatic amines is 1. The van der Waals surface area contributed by atoms with E-state index in [0.29, 0.717) is 36.8 Å². The summed E-state index contributed by atoms with van der Waals surface area (Å²) in [6.45, 7) is 1.19. The van der Waals surface area contributed by atoms with Crippen LogP contribution in [0.4, 0.5) is 4.39 Å². The van der Waals surface area contributed by atoms with Gasteiger partial charge >= 0.3 is 0 Å². The van der Waals surface area contributed by atoms with Crippen molar-refractivity contribution in [3.63, 3.8) is 0 Å². The Morgan fingerprint density at radius 2 is 2.06 bits per heavy atom. The molecule has 0 aliphatic carbocycles. The van der Waals surface area contributed by atoms with Crippen molar-refractivity contribution in [3.05, 3.63) is 89.5 Å². The number of methoxy groups -OCH3 is 1. The highest BCUT2D eigenvalue weighted by atomic mass is 19.1. The molecule has 2 aromatic heterocycles. The third-order valence-corrected chi connectivity index (χ3v) is 6.13. The van der Waals surface area contributed by atoms with Gasteiger partial charge in [-0.25, -0.2) is 9.37 Å². The summed E-state index contributed by atoms with van der Waals surface area (Å²) in [5.41, 5.74) is 2.79. The Morgan fingerprint density at radius 3 is 2.88 bits per heavy atom. The maximum Gasteiger partial charge on any atom is 0.271 e. The number of nitrogens with zero attached hydrogens (tertiary/aromatic N) is 3. The summed E-state index contributed by atoms with van der Waals surface area (Å²) in [7, 11) is 1.65. The number of H-pyrrole nitrogens is 1. The number of ether oxygens (including phenoxy) is 1. The highest BCUT2D eigenvalue weighted by Crippen LogP contribution is 2.29. The van der Waals surface area contributed by atoms with Crippen LogP contribution in [0.1, 0.15) is 46.5 Å². The predicted octanol–water partition coefficient (Wildman–Crippen LogP) is 4.82. The number of aromatic nitrogens is 3. The largest absolute Gasteiger partial charge is 0.496 e. The lowest BCUT2D eigenvalue weighted by Crippen LogP contribution is -2.39. The zero-order valence-electron chi connectivity index (χ0n) is 18.8. The molecule has 1 amide bonds. The van der Waals surface area contributed by atoms with Crippen molar-refractivity contribution in [1.82, 2.24) is 20.1 Å². The van der Waals surface area contributed by atoms with Crippen LogP contribution in [-0.2, 0) is 6.42 Å². The van der Waals surface area contributed by atoms with Crippen molar-refractivity contribution in [1.29, 1.82) is 0 Å². The predicted molar refractivity (Wildman–Crippen MR) is 124 cm³/mol. The van der Waals surface area contributed by atoms with Gasteiger partial charge in [0, 0.05) is 30.6 Å². The maximum absolute atomic E-state index is 13.2. The molecule has 2 aromatic carbocycles. The standard InChI is InChI=1S/C26H25FN4O3/c1-33-24-7-3-2-5-18(24)13-21-15-28-25(34-21)19-6-4-12-31(16-19)26(32)23-14-22(29-30-23)17-8-10-20(27)11-9-17/h2-3,5,7-11,14-15,19H,4,6,12-13,16H2,1H3,(H,29,30). The van der Waals surface area contributed by atoms with Crippen LogP contribution in [0.25, 0.3) is 11.3 Å². The summed E-state index contributed by atoms with van der Waals surface area (Å²) in [5, 5.41) is 7.06. The normalized spacial score (nSPS) is 15.9. The number of carbonyl (C=O) groups excluding carboxylic acids is 1. The van der Waals surface area contributed by atoms with Crippen molar-refractivity contribution in [3.8, 4) is 17.0 Å². The Kier molecular flexibility index (Phi) is 6.12. The van der Waals surface area contributed by atoms with E-state index in [2.05, 4.69) is 15.2 Å². The number of likely N-dealkylation sites (tertiary alicyclic amines) is 1. The smallest absolute Gasteiger partial charge is 0.271 e. The van der Waals surface area contributed by atoms with Crippen molar-refractivity contribution in [2.75, 3.05) is 20.2 Å². The van der Waals surface area contributed by atoms with Gasteiger partial charge in [-0.3, -0.25) is 9.89 Å². The molecule has 174 valence electrons. The first kappa shape index (κ1) is 21.9. The summed E-state index contributed by atoms with van der Waals surface area (Å²) < 4.78 is 24.7. The number of para-hydroxylation sites is 1. The quantitative estimate of drug-likeness (QED) is 0.446. The van der Waals surface area contributed by atoms with Crippen LogP contribution < -0.4 is 4.74 Å². The van der Waals surface area contributed by atoms with E-state index in [9.17, 15) is 9.18 Å².